The van der Waals surface area contributed by atoms with Gasteiger partial charge in [-0.25, -0.2) is 9.97 Å². The summed E-state index contributed by atoms with van der Waals surface area (Å²) in [6.07, 6.45) is 11.2. The highest BCUT2D eigenvalue weighted by molar-refractivity contribution is 5.62. The number of anilines is 2. The second-order valence-electron chi connectivity index (χ2n) is 7.35. The van der Waals surface area contributed by atoms with Crippen molar-refractivity contribution < 1.29 is 0 Å². The summed E-state index contributed by atoms with van der Waals surface area (Å²) in [5.41, 5.74) is 2.54. The molecule has 140 valence electrons. The fourth-order valence-corrected chi connectivity index (χ4v) is 4.27. The number of piperidine rings is 2. The first-order chi connectivity index (χ1) is 13.7. The van der Waals surface area contributed by atoms with Crippen molar-refractivity contribution in [3.63, 3.8) is 0 Å². The van der Waals surface area contributed by atoms with Crippen LogP contribution in [0.15, 0.2) is 43.1 Å². The molecule has 0 aromatic carbocycles. The van der Waals surface area contributed by atoms with Crippen LogP contribution in [0.4, 0.5) is 11.5 Å². The molecule has 0 saturated carbocycles. The van der Waals surface area contributed by atoms with Crippen molar-refractivity contribution in [2.75, 3.05) is 22.9 Å². The van der Waals surface area contributed by atoms with Gasteiger partial charge in [-0.2, -0.15) is 10.4 Å². The molecule has 2 atom stereocenters. The van der Waals surface area contributed by atoms with Gasteiger partial charge in [0, 0.05) is 44.6 Å². The molecule has 0 radical (unpaired) electrons. The summed E-state index contributed by atoms with van der Waals surface area (Å²) >= 11 is 0. The average Bonchev–Trinajstić information content (AvgIpc) is 3.20. The zero-order valence-electron chi connectivity index (χ0n) is 15.6. The van der Waals surface area contributed by atoms with E-state index in [2.05, 4.69) is 37.0 Å². The fraction of sp³-hybridized carbons (Fsp3) is 0.350. The molecule has 0 spiro atoms. The van der Waals surface area contributed by atoms with Crippen LogP contribution in [0, 0.1) is 11.3 Å². The van der Waals surface area contributed by atoms with Crippen molar-refractivity contribution in [3.8, 4) is 17.5 Å². The summed E-state index contributed by atoms with van der Waals surface area (Å²) in [5, 5.41) is 13.8. The van der Waals surface area contributed by atoms with E-state index in [9.17, 15) is 5.26 Å². The maximum absolute atomic E-state index is 9.62. The molecule has 6 heterocycles. The van der Waals surface area contributed by atoms with Gasteiger partial charge in [-0.3, -0.25) is 9.67 Å². The summed E-state index contributed by atoms with van der Waals surface area (Å²) in [6, 6.07) is 7.06. The highest BCUT2D eigenvalue weighted by atomic mass is 15.3. The van der Waals surface area contributed by atoms with Crippen LogP contribution >= 0.6 is 0 Å². The quantitative estimate of drug-likeness (QED) is 0.695. The first-order valence-electron chi connectivity index (χ1n) is 9.42. The predicted molar refractivity (Wildman–Crippen MR) is 105 cm³/mol. The number of nitriles is 1. The van der Waals surface area contributed by atoms with Gasteiger partial charge in [-0.05, 0) is 25.0 Å². The van der Waals surface area contributed by atoms with E-state index in [0.29, 0.717) is 23.5 Å². The molecule has 8 nitrogen and oxygen atoms in total. The van der Waals surface area contributed by atoms with Gasteiger partial charge in [0.05, 0.1) is 29.8 Å². The number of aryl methyl sites for hydroxylation is 1. The van der Waals surface area contributed by atoms with Gasteiger partial charge in [0.1, 0.15) is 11.6 Å². The molecule has 0 unspecified atom stereocenters. The average molecular weight is 372 g/mol. The first-order valence-corrected chi connectivity index (χ1v) is 9.42. The van der Waals surface area contributed by atoms with Gasteiger partial charge < -0.3 is 9.80 Å². The zero-order valence-corrected chi connectivity index (χ0v) is 15.6. The van der Waals surface area contributed by atoms with Gasteiger partial charge in [-0.15, -0.1) is 0 Å². The van der Waals surface area contributed by atoms with E-state index in [1.165, 1.54) is 0 Å². The molecule has 3 aromatic heterocycles. The predicted octanol–water partition coefficient (Wildman–Crippen LogP) is 2.00. The maximum Gasteiger partial charge on any atom is 0.164 e. The summed E-state index contributed by atoms with van der Waals surface area (Å²) in [6.45, 7) is 1.76. The Morgan fingerprint density at radius 3 is 2.57 bits per heavy atom. The SMILES string of the molecule is Cn1cc(-c2ncc(C#N)c(N3C[C@@H]4CC[C@H]3CN4c3cccnc3)n2)cn1. The van der Waals surface area contributed by atoms with E-state index in [4.69, 9.17) is 4.98 Å². The third-order valence-electron chi connectivity index (χ3n) is 5.63. The minimum atomic E-state index is 0.314. The van der Waals surface area contributed by atoms with Gasteiger partial charge in [0.25, 0.3) is 0 Å². The number of nitrogens with zero attached hydrogens (tertiary/aromatic N) is 8. The Hall–Kier alpha value is -3.47. The van der Waals surface area contributed by atoms with Crippen LogP contribution in [0.3, 0.4) is 0 Å². The van der Waals surface area contributed by atoms with Crippen LogP contribution < -0.4 is 9.80 Å². The molecule has 0 amide bonds. The van der Waals surface area contributed by atoms with Crippen LogP contribution in [0.2, 0.25) is 0 Å². The van der Waals surface area contributed by atoms with E-state index in [-0.39, 0.29) is 0 Å². The van der Waals surface area contributed by atoms with E-state index >= 15 is 0 Å². The highest BCUT2D eigenvalue weighted by Gasteiger charge is 2.40. The normalized spacial score (nSPS) is 21.0. The lowest BCUT2D eigenvalue weighted by Crippen LogP contribution is -2.63. The molecule has 8 heteroatoms. The Morgan fingerprint density at radius 2 is 1.93 bits per heavy atom. The number of piperazine rings is 1. The lowest BCUT2D eigenvalue weighted by Gasteiger charge is -2.52. The molecule has 0 N–H and O–H groups in total. The second kappa shape index (κ2) is 6.60. The Balaban J connectivity index is 1.48. The Labute approximate surface area is 163 Å². The lowest BCUT2D eigenvalue weighted by molar-refractivity contribution is 0.332. The van der Waals surface area contributed by atoms with Crippen molar-refractivity contribution in [1.29, 1.82) is 5.26 Å². The van der Waals surface area contributed by atoms with Gasteiger partial charge in [0.2, 0.25) is 0 Å². The molecule has 0 aliphatic carbocycles. The smallest absolute Gasteiger partial charge is 0.164 e. The van der Waals surface area contributed by atoms with Gasteiger partial charge in [-0.1, -0.05) is 0 Å². The van der Waals surface area contributed by atoms with Gasteiger partial charge in [0.15, 0.2) is 11.6 Å². The molecule has 3 fully saturated rings. The number of aromatic nitrogens is 5. The molecule has 6 rings (SSSR count). The van der Waals surface area contributed by atoms with Gasteiger partial charge >= 0.3 is 0 Å². The molecule has 2 bridgehead atoms. The molecule has 3 aliphatic heterocycles. The third-order valence-corrected chi connectivity index (χ3v) is 5.63. The Bertz CT molecular complexity index is 1040. The van der Waals surface area contributed by atoms with E-state index in [1.807, 2.05) is 25.5 Å². The van der Waals surface area contributed by atoms with E-state index in [0.717, 1.165) is 43.0 Å². The Kier molecular flexibility index (Phi) is 3.93. The number of hydrogen-bond acceptors (Lipinski definition) is 7. The molecule has 3 aromatic rings. The number of pyridine rings is 1. The van der Waals surface area contributed by atoms with E-state index < -0.39 is 0 Å². The topological polar surface area (TPSA) is 86.8 Å². The van der Waals surface area contributed by atoms with Crippen LogP contribution in [0.1, 0.15) is 18.4 Å². The molecular weight excluding hydrogens is 352 g/mol. The monoisotopic (exact) mass is 372 g/mol. The zero-order chi connectivity index (χ0) is 19.1. The van der Waals surface area contributed by atoms with Crippen LogP contribution in [-0.4, -0.2) is 49.9 Å². The number of fused-ring (bicyclic) bond motifs is 3. The van der Waals surface area contributed by atoms with Crippen molar-refractivity contribution in [1.82, 2.24) is 24.7 Å². The largest absolute Gasteiger partial charge is 0.363 e. The summed E-state index contributed by atoms with van der Waals surface area (Å²) in [4.78, 5) is 18.2. The maximum atomic E-state index is 9.62. The summed E-state index contributed by atoms with van der Waals surface area (Å²) in [5.74, 6) is 1.34. The summed E-state index contributed by atoms with van der Waals surface area (Å²) in [7, 11) is 1.87. The number of hydrogen-bond donors (Lipinski definition) is 0. The van der Waals surface area contributed by atoms with Crippen LogP contribution in [0.5, 0.6) is 0 Å². The molecule has 28 heavy (non-hydrogen) atoms. The minimum absolute atomic E-state index is 0.314. The first kappa shape index (κ1) is 16.7. The second-order valence-corrected chi connectivity index (χ2v) is 7.35. The van der Waals surface area contributed by atoms with Crippen molar-refractivity contribution in [3.05, 3.63) is 48.7 Å². The summed E-state index contributed by atoms with van der Waals surface area (Å²) < 4.78 is 1.73. The van der Waals surface area contributed by atoms with Crippen molar-refractivity contribution >= 4 is 11.5 Å². The highest BCUT2D eigenvalue weighted by Crippen LogP contribution is 2.36. The van der Waals surface area contributed by atoms with Crippen molar-refractivity contribution in [2.24, 2.45) is 7.05 Å². The standard InChI is InChI=1S/C20H20N8/c1-26-11-15(9-24-26)19-23-8-14(7-21)20(25-19)28-13-17-4-5-18(28)12-27(17)16-3-2-6-22-10-16/h2-3,6,8-11,17-18H,4-5,12-13H2,1H3/t17-,18-/m0/s1. The van der Waals surface area contributed by atoms with Crippen LogP contribution in [0.25, 0.3) is 11.4 Å². The minimum Gasteiger partial charge on any atom is -0.363 e. The van der Waals surface area contributed by atoms with E-state index in [1.54, 1.807) is 23.3 Å². The molecule has 3 saturated heterocycles. The third kappa shape index (κ3) is 2.76. The lowest BCUT2D eigenvalue weighted by atomic mass is 9.90. The van der Waals surface area contributed by atoms with Crippen molar-refractivity contribution in [2.45, 2.75) is 24.9 Å². The molecular formula is C20H20N8. The molecule has 3 aliphatic rings. The Morgan fingerprint density at radius 1 is 1.11 bits per heavy atom. The number of rotatable bonds is 3. The van der Waals surface area contributed by atoms with Crippen LogP contribution in [-0.2, 0) is 7.05 Å². The fourth-order valence-electron chi connectivity index (χ4n) is 4.27.